The number of nitrogens with zero attached hydrogens (tertiary/aromatic N) is 2. The van der Waals surface area contributed by atoms with Gasteiger partial charge in [-0.1, -0.05) is 74.0 Å². The molecule has 0 saturated carbocycles. The van der Waals surface area contributed by atoms with Gasteiger partial charge in [-0.25, -0.2) is 8.42 Å². The van der Waals surface area contributed by atoms with Crippen LogP contribution in [-0.2, 0) is 26.2 Å². The summed E-state index contributed by atoms with van der Waals surface area (Å²) in [5.74, 6) is -0.699. The summed E-state index contributed by atoms with van der Waals surface area (Å²) in [5, 5.41) is 3.01. The zero-order chi connectivity index (χ0) is 29.4. The molecule has 2 atom stereocenters. The van der Waals surface area contributed by atoms with Gasteiger partial charge in [0.1, 0.15) is 12.6 Å². The third kappa shape index (κ3) is 7.50. The van der Waals surface area contributed by atoms with Crippen LogP contribution in [0.25, 0.3) is 0 Å². The number of nitrogens with one attached hydrogen (secondary N) is 1. The minimum atomic E-state index is -4.09. The number of anilines is 1. The maximum Gasteiger partial charge on any atom is 0.264 e. The fraction of sp³-hybridized carbons (Fsp3) is 0.375. The molecule has 8 heteroatoms. The molecule has 0 aliphatic carbocycles. The molecule has 0 spiro atoms. The number of amides is 2. The van der Waals surface area contributed by atoms with Crippen molar-refractivity contribution in [3.05, 3.63) is 95.1 Å². The van der Waals surface area contributed by atoms with Crippen LogP contribution in [0.5, 0.6) is 0 Å². The van der Waals surface area contributed by atoms with E-state index in [2.05, 4.69) is 5.32 Å². The van der Waals surface area contributed by atoms with E-state index in [1.165, 1.54) is 21.3 Å². The van der Waals surface area contributed by atoms with Crippen molar-refractivity contribution in [1.29, 1.82) is 0 Å². The number of rotatable bonds is 12. The molecule has 0 bridgehead atoms. The Morgan fingerprint density at radius 3 is 2.15 bits per heavy atom. The van der Waals surface area contributed by atoms with Gasteiger partial charge < -0.3 is 10.2 Å². The zero-order valence-electron chi connectivity index (χ0n) is 24.3. The molecule has 0 aromatic heterocycles. The van der Waals surface area contributed by atoms with Crippen molar-refractivity contribution in [1.82, 2.24) is 10.2 Å². The number of hydrogen-bond acceptors (Lipinski definition) is 4. The van der Waals surface area contributed by atoms with E-state index >= 15 is 0 Å². The molecular weight excluding hydrogens is 522 g/mol. The van der Waals surface area contributed by atoms with Gasteiger partial charge in [0.15, 0.2) is 0 Å². The molecule has 214 valence electrons. The number of carbonyl (C=O) groups excluding carboxylic acids is 2. The molecule has 0 saturated heterocycles. The van der Waals surface area contributed by atoms with Crippen molar-refractivity contribution in [2.24, 2.45) is 0 Å². The monoisotopic (exact) mass is 563 g/mol. The molecule has 0 radical (unpaired) electrons. The SMILES string of the molecule is CCC(C)NC(=O)C(CC)N(Cc1cccc(C)c1)C(=O)CN(c1cc(C)ccc1C)S(=O)(=O)c1ccccc1. The Morgan fingerprint density at radius 1 is 0.850 bits per heavy atom. The Kier molecular flexibility index (Phi) is 10.5. The van der Waals surface area contributed by atoms with Crippen LogP contribution in [0.3, 0.4) is 0 Å². The Bertz CT molecular complexity index is 1420. The summed E-state index contributed by atoms with van der Waals surface area (Å²) in [4.78, 5) is 29.2. The number of aryl methyl sites for hydroxylation is 3. The third-order valence-corrected chi connectivity index (χ3v) is 8.84. The molecule has 3 aromatic carbocycles. The van der Waals surface area contributed by atoms with Crippen LogP contribution in [0.4, 0.5) is 5.69 Å². The molecule has 3 rings (SSSR count). The zero-order valence-corrected chi connectivity index (χ0v) is 25.2. The largest absolute Gasteiger partial charge is 0.352 e. The first-order chi connectivity index (χ1) is 19.0. The average molecular weight is 564 g/mol. The van der Waals surface area contributed by atoms with E-state index in [1.807, 2.05) is 77.9 Å². The minimum Gasteiger partial charge on any atom is -0.352 e. The van der Waals surface area contributed by atoms with Gasteiger partial charge in [0, 0.05) is 12.6 Å². The lowest BCUT2D eigenvalue weighted by molar-refractivity contribution is -0.140. The van der Waals surface area contributed by atoms with Gasteiger partial charge >= 0.3 is 0 Å². The first-order valence-electron chi connectivity index (χ1n) is 13.8. The standard InChI is InChI=1S/C32H41N3O4S/c1-7-26(6)33-32(37)29(8-2)34(21-27-14-12-13-23(3)19-27)31(36)22-35(30-20-24(4)17-18-25(30)5)40(38,39)28-15-10-9-11-16-28/h9-20,26,29H,7-8,21-22H2,1-6H3,(H,33,37). The van der Waals surface area contributed by atoms with Crippen molar-refractivity contribution >= 4 is 27.5 Å². The van der Waals surface area contributed by atoms with Crippen molar-refractivity contribution in [3.63, 3.8) is 0 Å². The molecule has 3 aromatic rings. The van der Waals surface area contributed by atoms with E-state index in [4.69, 9.17) is 0 Å². The molecule has 0 aliphatic heterocycles. The molecule has 40 heavy (non-hydrogen) atoms. The Balaban J connectivity index is 2.09. The Hall–Kier alpha value is -3.65. The summed E-state index contributed by atoms with van der Waals surface area (Å²) in [6.07, 6.45) is 1.14. The van der Waals surface area contributed by atoms with Crippen molar-refractivity contribution < 1.29 is 18.0 Å². The Morgan fingerprint density at radius 2 is 1.52 bits per heavy atom. The van der Waals surface area contributed by atoms with E-state index in [0.29, 0.717) is 12.1 Å². The van der Waals surface area contributed by atoms with Crippen molar-refractivity contribution in [2.45, 2.75) is 77.9 Å². The highest BCUT2D eigenvalue weighted by atomic mass is 32.2. The first kappa shape index (κ1) is 30.9. The Labute approximate surface area is 239 Å². The maximum atomic E-state index is 14.2. The summed E-state index contributed by atoms with van der Waals surface area (Å²) in [7, 11) is -4.09. The van der Waals surface area contributed by atoms with E-state index < -0.39 is 28.5 Å². The van der Waals surface area contributed by atoms with Gasteiger partial charge in [-0.2, -0.15) is 0 Å². The lowest BCUT2D eigenvalue weighted by atomic mass is 10.1. The van der Waals surface area contributed by atoms with Crippen LogP contribution < -0.4 is 9.62 Å². The number of benzene rings is 3. The van der Waals surface area contributed by atoms with Crippen LogP contribution in [0.15, 0.2) is 77.7 Å². The highest BCUT2D eigenvalue weighted by Crippen LogP contribution is 2.28. The highest BCUT2D eigenvalue weighted by Gasteiger charge is 2.34. The second kappa shape index (κ2) is 13.6. The van der Waals surface area contributed by atoms with Crippen LogP contribution in [0, 0.1) is 20.8 Å². The summed E-state index contributed by atoms with van der Waals surface area (Å²) < 4.78 is 29.2. The van der Waals surface area contributed by atoms with Crippen LogP contribution >= 0.6 is 0 Å². The lowest BCUT2D eigenvalue weighted by Gasteiger charge is -2.34. The molecule has 2 unspecified atom stereocenters. The molecule has 0 heterocycles. The molecule has 0 fully saturated rings. The van der Waals surface area contributed by atoms with Gasteiger partial charge in [-0.15, -0.1) is 0 Å². The molecular formula is C32H41N3O4S. The quantitative estimate of drug-likeness (QED) is 0.314. The fourth-order valence-electron chi connectivity index (χ4n) is 4.59. The van der Waals surface area contributed by atoms with Gasteiger partial charge in [-0.3, -0.25) is 13.9 Å². The van der Waals surface area contributed by atoms with Crippen LogP contribution in [0.1, 0.15) is 55.9 Å². The first-order valence-corrected chi connectivity index (χ1v) is 15.2. The summed E-state index contributed by atoms with van der Waals surface area (Å²) >= 11 is 0. The maximum absolute atomic E-state index is 14.2. The van der Waals surface area contributed by atoms with E-state index in [0.717, 1.165) is 28.7 Å². The normalized spacial score (nSPS) is 12.8. The number of hydrogen-bond donors (Lipinski definition) is 1. The topological polar surface area (TPSA) is 86.8 Å². The number of carbonyl (C=O) groups is 2. The third-order valence-electron chi connectivity index (χ3n) is 7.07. The van der Waals surface area contributed by atoms with E-state index in [-0.39, 0.29) is 23.4 Å². The highest BCUT2D eigenvalue weighted by molar-refractivity contribution is 7.92. The van der Waals surface area contributed by atoms with Crippen LogP contribution in [-0.4, -0.2) is 43.8 Å². The second-order valence-electron chi connectivity index (χ2n) is 10.4. The molecule has 1 N–H and O–H groups in total. The van der Waals surface area contributed by atoms with Crippen molar-refractivity contribution in [3.8, 4) is 0 Å². The lowest BCUT2D eigenvalue weighted by Crippen LogP contribution is -2.53. The smallest absolute Gasteiger partial charge is 0.264 e. The summed E-state index contributed by atoms with van der Waals surface area (Å²) in [6.45, 7) is 11.2. The predicted octanol–water partition coefficient (Wildman–Crippen LogP) is 5.53. The van der Waals surface area contributed by atoms with Gasteiger partial charge in [-0.05, 0) is 75.4 Å². The fourth-order valence-corrected chi connectivity index (χ4v) is 6.08. The van der Waals surface area contributed by atoms with E-state index in [9.17, 15) is 18.0 Å². The van der Waals surface area contributed by atoms with Crippen LogP contribution in [0.2, 0.25) is 0 Å². The molecule has 2 amide bonds. The van der Waals surface area contributed by atoms with E-state index in [1.54, 1.807) is 24.3 Å². The predicted molar refractivity (Wildman–Crippen MR) is 161 cm³/mol. The van der Waals surface area contributed by atoms with Crippen molar-refractivity contribution in [2.75, 3.05) is 10.8 Å². The molecule has 7 nitrogen and oxygen atoms in total. The van der Waals surface area contributed by atoms with Gasteiger partial charge in [0.25, 0.3) is 10.0 Å². The number of sulfonamides is 1. The van der Waals surface area contributed by atoms with Gasteiger partial charge in [0.2, 0.25) is 11.8 Å². The summed E-state index contributed by atoms with van der Waals surface area (Å²) in [6, 6.07) is 20.6. The summed E-state index contributed by atoms with van der Waals surface area (Å²) in [5.41, 5.74) is 3.94. The second-order valence-corrected chi connectivity index (χ2v) is 12.2. The van der Waals surface area contributed by atoms with Gasteiger partial charge in [0.05, 0.1) is 10.6 Å². The minimum absolute atomic E-state index is 0.0534. The average Bonchev–Trinajstić information content (AvgIpc) is 2.93. The molecule has 0 aliphatic rings.